The Labute approximate surface area is 195 Å². The zero-order valence-electron chi connectivity index (χ0n) is 17.4. The summed E-state index contributed by atoms with van der Waals surface area (Å²) in [5, 5.41) is 13.6. The Balaban J connectivity index is 1.69. The number of anilines is 1. The molecule has 3 aromatic rings. The number of likely N-dealkylation sites (N-methyl/N-ethyl adjacent to an activating group) is 1. The Morgan fingerprint density at radius 2 is 2.03 bits per heavy atom. The summed E-state index contributed by atoms with van der Waals surface area (Å²) in [6, 6.07) is 15.7. The zero-order chi connectivity index (χ0) is 22.7. The molecule has 0 fully saturated rings. The highest BCUT2D eigenvalue weighted by atomic mass is 35.5. The summed E-state index contributed by atoms with van der Waals surface area (Å²) >= 11 is 7.67. The van der Waals surface area contributed by atoms with Gasteiger partial charge < -0.3 is 10.2 Å². The summed E-state index contributed by atoms with van der Waals surface area (Å²) in [5.41, 5.74) is 3.97. The van der Waals surface area contributed by atoms with E-state index in [1.54, 1.807) is 18.2 Å². The van der Waals surface area contributed by atoms with Crippen LogP contribution in [0.25, 0.3) is 11.1 Å². The smallest absolute Gasteiger partial charge is 0.234 e. The molecule has 4 rings (SSSR count). The van der Waals surface area contributed by atoms with Crippen molar-refractivity contribution >= 4 is 35.0 Å². The molecular formula is C24H20ClFN4OS. The number of rotatable bonds is 5. The van der Waals surface area contributed by atoms with Gasteiger partial charge in [0.25, 0.3) is 0 Å². The number of fused-ring (bicyclic) bond motifs is 1. The Morgan fingerprint density at radius 3 is 2.78 bits per heavy atom. The Morgan fingerprint density at radius 1 is 1.28 bits per heavy atom. The number of halogens is 2. The number of nitriles is 1. The predicted molar refractivity (Wildman–Crippen MR) is 125 cm³/mol. The number of thioether (sulfide) groups is 1. The molecule has 0 atom stereocenters. The van der Waals surface area contributed by atoms with Gasteiger partial charge in [0.2, 0.25) is 5.91 Å². The van der Waals surface area contributed by atoms with Gasteiger partial charge in [0.15, 0.2) is 0 Å². The maximum absolute atomic E-state index is 13.8. The van der Waals surface area contributed by atoms with E-state index in [0.29, 0.717) is 22.2 Å². The lowest BCUT2D eigenvalue weighted by atomic mass is 9.92. The third-order valence-corrected chi connectivity index (χ3v) is 6.56. The first-order valence-corrected chi connectivity index (χ1v) is 11.4. The first-order chi connectivity index (χ1) is 15.5. The van der Waals surface area contributed by atoms with Crippen LogP contribution >= 0.6 is 23.4 Å². The van der Waals surface area contributed by atoms with Crippen molar-refractivity contribution in [3.8, 4) is 17.2 Å². The Bertz CT molecular complexity index is 1230. The fourth-order valence-electron chi connectivity index (χ4n) is 3.72. The molecule has 0 spiro atoms. The van der Waals surface area contributed by atoms with Crippen molar-refractivity contribution in [1.82, 2.24) is 9.88 Å². The molecule has 0 saturated heterocycles. The number of carbonyl (C=O) groups is 1. The van der Waals surface area contributed by atoms with E-state index >= 15 is 0 Å². The second-order valence-electron chi connectivity index (χ2n) is 7.49. The molecule has 1 aliphatic rings. The summed E-state index contributed by atoms with van der Waals surface area (Å²) in [4.78, 5) is 19.4. The van der Waals surface area contributed by atoms with Crippen molar-refractivity contribution in [2.75, 3.05) is 24.7 Å². The van der Waals surface area contributed by atoms with Crippen LogP contribution in [0.3, 0.4) is 0 Å². The van der Waals surface area contributed by atoms with Crippen LogP contribution in [-0.2, 0) is 17.8 Å². The molecule has 0 aliphatic carbocycles. The van der Waals surface area contributed by atoms with Crippen LogP contribution in [0, 0.1) is 17.1 Å². The third-order valence-electron chi connectivity index (χ3n) is 5.25. The van der Waals surface area contributed by atoms with Crippen LogP contribution in [0.15, 0.2) is 53.6 Å². The summed E-state index contributed by atoms with van der Waals surface area (Å²) in [5.74, 6) is -0.875. The minimum Gasteiger partial charge on any atom is -0.323 e. The molecule has 0 bridgehead atoms. The lowest BCUT2D eigenvalue weighted by molar-refractivity contribution is -0.113. The number of amides is 1. The molecule has 0 saturated carbocycles. The van der Waals surface area contributed by atoms with Crippen LogP contribution in [0.5, 0.6) is 0 Å². The van der Waals surface area contributed by atoms with E-state index in [2.05, 4.69) is 16.3 Å². The average molecular weight is 467 g/mol. The minimum absolute atomic E-state index is 0.00331. The van der Waals surface area contributed by atoms with E-state index in [0.717, 1.165) is 35.3 Å². The van der Waals surface area contributed by atoms with Gasteiger partial charge in [-0.15, -0.1) is 0 Å². The molecule has 1 N–H and O–H groups in total. The highest BCUT2D eigenvalue weighted by Crippen LogP contribution is 2.39. The molecule has 2 heterocycles. The molecule has 2 aromatic carbocycles. The van der Waals surface area contributed by atoms with E-state index in [1.807, 2.05) is 25.2 Å². The third kappa shape index (κ3) is 4.63. The number of benzene rings is 2. The Hall–Kier alpha value is -2.92. The number of aromatic nitrogens is 1. The van der Waals surface area contributed by atoms with E-state index in [1.165, 1.54) is 23.9 Å². The summed E-state index contributed by atoms with van der Waals surface area (Å²) in [6.07, 6.45) is 0.740. The van der Waals surface area contributed by atoms with Gasteiger partial charge in [0, 0.05) is 41.4 Å². The molecule has 5 nitrogen and oxygen atoms in total. The second kappa shape index (κ2) is 9.70. The predicted octanol–water partition coefficient (Wildman–Crippen LogP) is 5.13. The van der Waals surface area contributed by atoms with Crippen LogP contribution in [0.4, 0.5) is 10.1 Å². The standard InChI is InChI=1S/C24H20ClFN4OS/c1-30-11-10-20-17(13-30)23(15-6-2-3-7-18(15)25)16(12-27)24(29-20)32-14-22(31)28-21-9-5-4-8-19(21)26/h2-9H,10-11,13-14H2,1H3,(H,28,31). The number of pyridine rings is 1. The van der Waals surface area contributed by atoms with Gasteiger partial charge in [-0.1, -0.05) is 53.7 Å². The van der Waals surface area contributed by atoms with Gasteiger partial charge >= 0.3 is 0 Å². The number of nitrogens with zero attached hydrogens (tertiary/aromatic N) is 3. The summed E-state index contributed by atoms with van der Waals surface area (Å²) in [7, 11) is 2.03. The van der Waals surface area contributed by atoms with Crippen molar-refractivity contribution < 1.29 is 9.18 Å². The van der Waals surface area contributed by atoms with Gasteiger partial charge in [-0.05, 0) is 30.8 Å². The first-order valence-electron chi connectivity index (χ1n) is 10.0. The Kier molecular flexibility index (Phi) is 6.75. The molecule has 162 valence electrons. The zero-order valence-corrected chi connectivity index (χ0v) is 18.9. The molecule has 8 heteroatoms. The molecule has 0 unspecified atom stereocenters. The van der Waals surface area contributed by atoms with Crippen LogP contribution in [0.2, 0.25) is 5.02 Å². The quantitative estimate of drug-likeness (QED) is 0.528. The number of hydrogen-bond donors (Lipinski definition) is 1. The second-order valence-corrected chi connectivity index (χ2v) is 8.86. The summed E-state index contributed by atoms with van der Waals surface area (Å²) in [6.45, 7) is 1.52. The lowest BCUT2D eigenvalue weighted by Crippen LogP contribution is -2.28. The molecule has 1 amide bonds. The molecule has 0 radical (unpaired) electrons. The van der Waals surface area contributed by atoms with Crippen molar-refractivity contribution in [2.45, 2.75) is 18.0 Å². The van der Waals surface area contributed by atoms with Gasteiger partial charge in [-0.3, -0.25) is 4.79 Å². The van der Waals surface area contributed by atoms with E-state index < -0.39 is 5.82 Å². The molecule has 1 aliphatic heterocycles. The van der Waals surface area contributed by atoms with Gasteiger partial charge in [0.1, 0.15) is 16.9 Å². The van der Waals surface area contributed by atoms with Gasteiger partial charge in [0.05, 0.1) is 17.0 Å². The minimum atomic E-state index is -0.499. The fourth-order valence-corrected chi connectivity index (χ4v) is 4.76. The highest BCUT2D eigenvalue weighted by Gasteiger charge is 2.26. The number of nitrogens with one attached hydrogen (secondary N) is 1. The molecular weight excluding hydrogens is 447 g/mol. The molecule has 32 heavy (non-hydrogen) atoms. The van der Waals surface area contributed by atoms with E-state index in [4.69, 9.17) is 16.6 Å². The normalized spacial score (nSPS) is 13.3. The first kappa shape index (κ1) is 22.3. The maximum atomic E-state index is 13.8. The SMILES string of the molecule is CN1CCc2nc(SCC(=O)Nc3ccccc3F)c(C#N)c(-c3ccccc3Cl)c2C1. The number of carbonyl (C=O) groups excluding carboxylic acids is 1. The van der Waals surface area contributed by atoms with E-state index in [-0.39, 0.29) is 17.3 Å². The largest absolute Gasteiger partial charge is 0.323 e. The number of hydrogen-bond acceptors (Lipinski definition) is 5. The van der Waals surface area contributed by atoms with Gasteiger partial charge in [-0.2, -0.15) is 5.26 Å². The van der Waals surface area contributed by atoms with Crippen LogP contribution in [0.1, 0.15) is 16.8 Å². The van der Waals surface area contributed by atoms with Crippen LogP contribution in [-0.4, -0.2) is 35.1 Å². The lowest BCUT2D eigenvalue weighted by Gasteiger charge is -2.28. The molecule has 1 aromatic heterocycles. The number of para-hydroxylation sites is 1. The topological polar surface area (TPSA) is 69.0 Å². The monoisotopic (exact) mass is 466 g/mol. The maximum Gasteiger partial charge on any atom is 0.234 e. The highest BCUT2D eigenvalue weighted by molar-refractivity contribution is 8.00. The average Bonchev–Trinajstić information content (AvgIpc) is 2.79. The van der Waals surface area contributed by atoms with Crippen molar-refractivity contribution in [3.05, 3.63) is 76.2 Å². The van der Waals surface area contributed by atoms with E-state index in [9.17, 15) is 14.4 Å². The van der Waals surface area contributed by atoms with Crippen molar-refractivity contribution in [3.63, 3.8) is 0 Å². The van der Waals surface area contributed by atoms with Crippen molar-refractivity contribution in [2.24, 2.45) is 0 Å². The summed E-state index contributed by atoms with van der Waals surface area (Å²) < 4.78 is 13.8. The van der Waals surface area contributed by atoms with Crippen LogP contribution < -0.4 is 5.32 Å². The van der Waals surface area contributed by atoms with Crippen molar-refractivity contribution in [1.29, 1.82) is 5.26 Å². The van der Waals surface area contributed by atoms with Gasteiger partial charge in [-0.25, -0.2) is 9.37 Å². The fraction of sp³-hybridized carbons (Fsp3) is 0.208.